The minimum Gasteiger partial charge on any atom is -0.391 e. The summed E-state index contributed by atoms with van der Waals surface area (Å²) in [5.74, 6) is 0. The summed E-state index contributed by atoms with van der Waals surface area (Å²) < 4.78 is 0. The van der Waals surface area contributed by atoms with Gasteiger partial charge in [-0.3, -0.25) is 0 Å². The minimum atomic E-state index is 0.118. The second-order valence-electron chi connectivity index (χ2n) is 4.44. The third kappa shape index (κ3) is 3.87. The fourth-order valence-corrected chi connectivity index (χ4v) is 1.80. The summed E-state index contributed by atoms with van der Waals surface area (Å²) in [6.45, 7) is 6.81. The first-order valence-electron chi connectivity index (χ1n) is 4.56. The molecule has 0 aromatic carbocycles. The highest BCUT2D eigenvalue weighted by atomic mass is 32.1. The topological polar surface area (TPSA) is 33.1 Å². The maximum Gasteiger partial charge on any atom is 0.0928 e. The van der Waals surface area contributed by atoms with Gasteiger partial charge in [-0.2, -0.15) is 0 Å². The van der Waals surface area contributed by atoms with Crippen LogP contribution in [-0.2, 0) is 13.0 Å². The van der Waals surface area contributed by atoms with E-state index in [1.54, 1.807) is 17.5 Å². The van der Waals surface area contributed by atoms with E-state index in [0.29, 0.717) is 5.41 Å². The average molecular weight is 199 g/mol. The highest BCUT2D eigenvalue weighted by molar-refractivity contribution is 7.11. The number of aliphatic hydroxyl groups excluding tert-OH is 1. The molecule has 3 heteroatoms. The van der Waals surface area contributed by atoms with Crippen molar-refractivity contribution in [2.45, 2.75) is 40.2 Å². The van der Waals surface area contributed by atoms with Crippen molar-refractivity contribution in [3.05, 3.63) is 16.1 Å². The first kappa shape index (κ1) is 10.7. The molecule has 0 unspecified atom stereocenters. The maximum absolute atomic E-state index is 8.85. The number of hydrogen-bond acceptors (Lipinski definition) is 3. The fourth-order valence-electron chi connectivity index (χ4n) is 1.02. The van der Waals surface area contributed by atoms with E-state index < -0.39 is 0 Å². The van der Waals surface area contributed by atoms with Crippen molar-refractivity contribution in [1.82, 2.24) is 4.98 Å². The van der Waals surface area contributed by atoms with Gasteiger partial charge >= 0.3 is 0 Å². The van der Waals surface area contributed by atoms with Gasteiger partial charge in [0, 0.05) is 6.20 Å². The van der Waals surface area contributed by atoms with Crippen LogP contribution < -0.4 is 0 Å². The lowest BCUT2D eigenvalue weighted by atomic mass is 9.91. The summed E-state index contributed by atoms with van der Waals surface area (Å²) in [6.07, 6.45) is 3.93. The third-order valence-corrected chi connectivity index (χ3v) is 2.89. The number of aliphatic hydroxyl groups is 1. The molecule has 1 rings (SSSR count). The van der Waals surface area contributed by atoms with Crippen LogP contribution in [0.5, 0.6) is 0 Å². The molecule has 0 saturated heterocycles. The van der Waals surface area contributed by atoms with Crippen molar-refractivity contribution in [2.75, 3.05) is 0 Å². The SMILES string of the molecule is CC(C)(C)CCc1ncc(CO)s1. The second-order valence-corrected chi connectivity index (χ2v) is 5.64. The van der Waals surface area contributed by atoms with Gasteiger partial charge < -0.3 is 5.11 Å². The molecule has 0 radical (unpaired) electrons. The molecule has 13 heavy (non-hydrogen) atoms. The molecule has 1 heterocycles. The van der Waals surface area contributed by atoms with E-state index in [1.807, 2.05) is 0 Å². The Labute approximate surface area is 83.6 Å². The molecule has 0 spiro atoms. The van der Waals surface area contributed by atoms with Crippen LogP contribution in [-0.4, -0.2) is 10.1 Å². The molecule has 74 valence electrons. The number of rotatable bonds is 3. The molecule has 0 bridgehead atoms. The Morgan fingerprint density at radius 1 is 1.46 bits per heavy atom. The van der Waals surface area contributed by atoms with Crippen LogP contribution in [0.15, 0.2) is 6.20 Å². The molecule has 0 atom stereocenters. The van der Waals surface area contributed by atoms with Crippen molar-refractivity contribution >= 4 is 11.3 Å². The van der Waals surface area contributed by atoms with E-state index in [0.717, 1.165) is 22.7 Å². The molecule has 0 aliphatic rings. The van der Waals surface area contributed by atoms with E-state index in [-0.39, 0.29) is 6.61 Å². The summed E-state index contributed by atoms with van der Waals surface area (Å²) in [4.78, 5) is 5.21. The van der Waals surface area contributed by atoms with E-state index in [9.17, 15) is 0 Å². The molecule has 1 aromatic rings. The van der Waals surface area contributed by atoms with Gasteiger partial charge in [0.15, 0.2) is 0 Å². The smallest absolute Gasteiger partial charge is 0.0928 e. The summed E-state index contributed by atoms with van der Waals surface area (Å²) in [6, 6.07) is 0. The zero-order valence-corrected chi connectivity index (χ0v) is 9.32. The lowest BCUT2D eigenvalue weighted by Gasteiger charge is -2.16. The lowest BCUT2D eigenvalue weighted by molar-refractivity contribution is 0.285. The zero-order chi connectivity index (χ0) is 9.90. The molecule has 1 aromatic heterocycles. The van der Waals surface area contributed by atoms with E-state index >= 15 is 0 Å². The fraction of sp³-hybridized carbons (Fsp3) is 0.700. The van der Waals surface area contributed by atoms with Gasteiger partial charge in [0.2, 0.25) is 0 Å². The van der Waals surface area contributed by atoms with Crippen molar-refractivity contribution in [2.24, 2.45) is 5.41 Å². The van der Waals surface area contributed by atoms with Crippen molar-refractivity contribution < 1.29 is 5.11 Å². The van der Waals surface area contributed by atoms with Gasteiger partial charge in [-0.05, 0) is 18.3 Å². The monoisotopic (exact) mass is 199 g/mol. The Bertz CT molecular complexity index is 262. The summed E-state index contributed by atoms with van der Waals surface area (Å²) in [5.41, 5.74) is 0.366. The van der Waals surface area contributed by atoms with Crippen LogP contribution in [0, 0.1) is 5.41 Å². The van der Waals surface area contributed by atoms with E-state index in [1.165, 1.54) is 0 Å². The van der Waals surface area contributed by atoms with Crippen molar-refractivity contribution in [1.29, 1.82) is 0 Å². The van der Waals surface area contributed by atoms with E-state index in [4.69, 9.17) is 5.11 Å². The summed E-state index contributed by atoms with van der Waals surface area (Å²) in [5, 5.41) is 9.99. The summed E-state index contributed by atoms with van der Waals surface area (Å²) in [7, 11) is 0. The highest BCUT2D eigenvalue weighted by Crippen LogP contribution is 2.23. The first-order chi connectivity index (χ1) is 6.01. The number of nitrogens with zero attached hydrogens (tertiary/aromatic N) is 1. The molecule has 0 fully saturated rings. The van der Waals surface area contributed by atoms with Gasteiger partial charge in [0.25, 0.3) is 0 Å². The highest BCUT2D eigenvalue weighted by Gasteiger charge is 2.11. The normalized spacial score (nSPS) is 12.0. The minimum absolute atomic E-state index is 0.118. The Hall–Kier alpha value is -0.410. The van der Waals surface area contributed by atoms with Crippen LogP contribution >= 0.6 is 11.3 Å². The molecule has 0 saturated carbocycles. The largest absolute Gasteiger partial charge is 0.391 e. The molecule has 2 nitrogen and oxygen atoms in total. The van der Waals surface area contributed by atoms with Crippen LogP contribution in [0.3, 0.4) is 0 Å². The van der Waals surface area contributed by atoms with Gasteiger partial charge in [-0.1, -0.05) is 20.8 Å². The average Bonchev–Trinajstić information content (AvgIpc) is 2.47. The lowest BCUT2D eigenvalue weighted by Crippen LogP contribution is -2.05. The number of thiazole rings is 1. The quantitative estimate of drug-likeness (QED) is 0.811. The molecule has 0 aliphatic heterocycles. The number of hydrogen-bond donors (Lipinski definition) is 1. The molecular weight excluding hydrogens is 182 g/mol. The van der Waals surface area contributed by atoms with Gasteiger partial charge in [0.1, 0.15) is 0 Å². The predicted molar refractivity (Wildman–Crippen MR) is 55.8 cm³/mol. The Kier molecular flexibility index (Phi) is 3.45. The predicted octanol–water partition coefficient (Wildman–Crippen LogP) is 2.61. The Morgan fingerprint density at radius 2 is 2.15 bits per heavy atom. The second kappa shape index (κ2) is 4.20. The first-order valence-corrected chi connectivity index (χ1v) is 5.37. The van der Waals surface area contributed by atoms with Crippen LogP contribution in [0.1, 0.15) is 37.1 Å². The van der Waals surface area contributed by atoms with Crippen LogP contribution in [0.2, 0.25) is 0 Å². The van der Waals surface area contributed by atoms with Gasteiger partial charge in [0.05, 0.1) is 16.5 Å². The maximum atomic E-state index is 8.85. The number of aromatic nitrogens is 1. The molecule has 1 N–H and O–H groups in total. The Balaban J connectivity index is 2.46. The van der Waals surface area contributed by atoms with Crippen LogP contribution in [0.4, 0.5) is 0 Å². The zero-order valence-electron chi connectivity index (χ0n) is 8.50. The van der Waals surface area contributed by atoms with Gasteiger partial charge in [-0.25, -0.2) is 4.98 Å². The van der Waals surface area contributed by atoms with Crippen molar-refractivity contribution in [3.8, 4) is 0 Å². The Morgan fingerprint density at radius 3 is 2.62 bits per heavy atom. The number of aryl methyl sites for hydroxylation is 1. The summed E-state index contributed by atoms with van der Waals surface area (Å²) >= 11 is 1.61. The van der Waals surface area contributed by atoms with Gasteiger partial charge in [-0.15, -0.1) is 11.3 Å². The molecule has 0 aliphatic carbocycles. The van der Waals surface area contributed by atoms with E-state index in [2.05, 4.69) is 25.8 Å². The molecular formula is C10H17NOS. The van der Waals surface area contributed by atoms with Crippen molar-refractivity contribution in [3.63, 3.8) is 0 Å². The standard InChI is InChI=1S/C10H17NOS/c1-10(2,3)5-4-9-11-6-8(7-12)13-9/h6,12H,4-5,7H2,1-3H3. The third-order valence-electron chi connectivity index (χ3n) is 1.85. The molecule has 0 amide bonds. The van der Waals surface area contributed by atoms with Crippen LogP contribution in [0.25, 0.3) is 0 Å².